The molecular formula is C30H29F4N3O4. The molecule has 4 rings (SSSR count). The topological polar surface area (TPSA) is 81.9 Å². The highest BCUT2D eigenvalue weighted by molar-refractivity contribution is 5.95. The number of halogens is 4. The lowest BCUT2D eigenvalue weighted by atomic mass is 10.0. The molecule has 0 fully saturated rings. The van der Waals surface area contributed by atoms with Gasteiger partial charge in [0.15, 0.2) is 11.4 Å². The maximum Gasteiger partial charge on any atom is 0.306 e. The number of aryl methyl sites for hydroxylation is 1. The summed E-state index contributed by atoms with van der Waals surface area (Å²) in [4.78, 5) is 30.3. The van der Waals surface area contributed by atoms with Crippen LogP contribution in [0.3, 0.4) is 0 Å². The maximum atomic E-state index is 14.8. The van der Waals surface area contributed by atoms with Crippen LogP contribution in [0.1, 0.15) is 67.0 Å². The molecule has 2 aromatic heterocycles. The normalized spacial score (nSPS) is 12.3. The fourth-order valence-electron chi connectivity index (χ4n) is 4.33. The summed E-state index contributed by atoms with van der Waals surface area (Å²) in [5.41, 5.74) is -0.406. The van der Waals surface area contributed by atoms with Gasteiger partial charge in [0.25, 0.3) is 5.91 Å². The average Bonchev–Trinajstić information content (AvgIpc) is 3.22. The predicted octanol–water partition coefficient (Wildman–Crippen LogP) is 6.37. The van der Waals surface area contributed by atoms with E-state index in [-0.39, 0.29) is 41.1 Å². The van der Waals surface area contributed by atoms with Gasteiger partial charge in [0.2, 0.25) is 0 Å². The fraction of sp³-hybridized carbons (Fsp3) is 0.300. The zero-order valence-corrected chi connectivity index (χ0v) is 22.9. The molecule has 7 nitrogen and oxygen atoms in total. The second-order valence-electron chi connectivity index (χ2n) is 10.4. The second kappa shape index (κ2) is 12.0. The van der Waals surface area contributed by atoms with E-state index in [0.29, 0.717) is 11.8 Å². The third kappa shape index (κ3) is 7.03. The Morgan fingerprint density at radius 3 is 2.37 bits per heavy atom. The molecule has 0 aliphatic carbocycles. The standard InChI is InChI=1S/C30H29F4N3O4/c1-17-27(37-14-6-9-25(28(37)35-17)40-16-20-21(32)7-5-8-22(20)33)29(39)36-24(12-13-26(38)41-30(2,3)4)19-11-10-18(31)15-23(19)34/h5-11,14-15,24H,12-13,16H2,1-4H3,(H,36,39). The van der Waals surface area contributed by atoms with Crippen LogP contribution in [0.5, 0.6) is 5.75 Å². The van der Waals surface area contributed by atoms with Crippen LogP contribution in [0, 0.1) is 30.2 Å². The van der Waals surface area contributed by atoms with Crippen LogP contribution in [-0.2, 0) is 16.1 Å². The number of carbonyl (C=O) groups is 2. The Morgan fingerprint density at radius 1 is 1.00 bits per heavy atom. The molecule has 216 valence electrons. The van der Waals surface area contributed by atoms with E-state index in [1.807, 2.05) is 0 Å². The van der Waals surface area contributed by atoms with Gasteiger partial charge in [-0.1, -0.05) is 12.1 Å². The van der Waals surface area contributed by atoms with Gasteiger partial charge in [-0.25, -0.2) is 22.5 Å². The summed E-state index contributed by atoms with van der Waals surface area (Å²) < 4.78 is 69.0. The Balaban J connectivity index is 1.61. The van der Waals surface area contributed by atoms with Gasteiger partial charge in [-0.15, -0.1) is 0 Å². The quantitative estimate of drug-likeness (QED) is 0.187. The number of benzene rings is 2. The minimum Gasteiger partial charge on any atom is -0.485 e. The summed E-state index contributed by atoms with van der Waals surface area (Å²) in [7, 11) is 0. The number of rotatable bonds is 9. The van der Waals surface area contributed by atoms with Crippen LogP contribution in [0.25, 0.3) is 5.65 Å². The number of amides is 1. The lowest BCUT2D eigenvalue weighted by Crippen LogP contribution is -2.32. The molecular weight excluding hydrogens is 542 g/mol. The van der Waals surface area contributed by atoms with Crippen LogP contribution in [-0.4, -0.2) is 26.9 Å². The molecule has 0 spiro atoms. The third-order valence-electron chi connectivity index (χ3n) is 6.14. The lowest BCUT2D eigenvalue weighted by Gasteiger charge is -2.22. The number of nitrogens with zero attached hydrogens (tertiary/aromatic N) is 2. The van der Waals surface area contributed by atoms with E-state index in [9.17, 15) is 27.2 Å². The molecule has 0 radical (unpaired) electrons. The number of nitrogens with one attached hydrogen (secondary N) is 1. The van der Waals surface area contributed by atoms with Crippen molar-refractivity contribution in [3.8, 4) is 5.75 Å². The highest BCUT2D eigenvalue weighted by Gasteiger charge is 2.26. The molecule has 1 atom stereocenters. The lowest BCUT2D eigenvalue weighted by molar-refractivity contribution is -0.155. The van der Waals surface area contributed by atoms with E-state index in [1.54, 1.807) is 46.0 Å². The summed E-state index contributed by atoms with van der Waals surface area (Å²) in [5.74, 6) is -4.22. The van der Waals surface area contributed by atoms with Crippen LogP contribution in [0.4, 0.5) is 17.6 Å². The molecule has 2 heterocycles. The first kappa shape index (κ1) is 29.6. The monoisotopic (exact) mass is 571 g/mol. The molecule has 0 aliphatic heterocycles. The number of ether oxygens (including phenoxy) is 2. The number of esters is 1. The highest BCUT2D eigenvalue weighted by Crippen LogP contribution is 2.27. The van der Waals surface area contributed by atoms with E-state index >= 15 is 0 Å². The summed E-state index contributed by atoms with van der Waals surface area (Å²) in [5, 5.41) is 2.73. The van der Waals surface area contributed by atoms with Gasteiger partial charge in [0.05, 0.1) is 17.3 Å². The number of pyridine rings is 1. The molecule has 0 bridgehead atoms. The SMILES string of the molecule is Cc1nc2c(OCc3c(F)cccc3F)cccn2c1C(=O)NC(CCC(=O)OC(C)(C)C)c1ccc(F)cc1F. The molecule has 0 aliphatic rings. The number of hydrogen-bond donors (Lipinski definition) is 1. The number of aromatic nitrogens is 2. The first-order valence-electron chi connectivity index (χ1n) is 12.8. The van der Waals surface area contributed by atoms with Crippen molar-refractivity contribution in [3.05, 3.63) is 101 Å². The first-order valence-corrected chi connectivity index (χ1v) is 12.8. The van der Waals surface area contributed by atoms with Crippen LogP contribution in [0.2, 0.25) is 0 Å². The van der Waals surface area contributed by atoms with Gasteiger partial charge in [0.1, 0.15) is 41.2 Å². The summed E-state index contributed by atoms with van der Waals surface area (Å²) in [6.45, 7) is 6.30. The third-order valence-corrected chi connectivity index (χ3v) is 6.14. The second-order valence-corrected chi connectivity index (χ2v) is 10.4. The zero-order chi connectivity index (χ0) is 29.9. The van der Waals surface area contributed by atoms with E-state index in [1.165, 1.54) is 16.5 Å². The van der Waals surface area contributed by atoms with Crippen molar-refractivity contribution in [2.45, 2.75) is 58.8 Å². The summed E-state index contributed by atoms with van der Waals surface area (Å²) >= 11 is 0. The van der Waals surface area contributed by atoms with E-state index in [0.717, 1.165) is 18.2 Å². The van der Waals surface area contributed by atoms with Crippen molar-refractivity contribution in [1.29, 1.82) is 0 Å². The largest absolute Gasteiger partial charge is 0.485 e. The molecule has 1 N–H and O–H groups in total. The minimum absolute atomic E-state index is 0.00859. The van der Waals surface area contributed by atoms with Gasteiger partial charge >= 0.3 is 5.97 Å². The van der Waals surface area contributed by atoms with Crippen LogP contribution < -0.4 is 10.1 Å². The van der Waals surface area contributed by atoms with Gasteiger partial charge in [-0.05, 0) is 64.4 Å². The number of carbonyl (C=O) groups excluding carboxylic acids is 2. The van der Waals surface area contributed by atoms with Crippen molar-refractivity contribution in [2.24, 2.45) is 0 Å². The molecule has 1 amide bonds. The van der Waals surface area contributed by atoms with Crippen LogP contribution in [0.15, 0.2) is 54.7 Å². The number of imidazole rings is 1. The predicted molar refractivity (Wildman–Crippen MR) is 142 cm³/mol. The first-order chi connectivity index (χ1) is 19.3. The average molecular weight is 572 g/mol. The minimum atomic E-state index is -1.01. The molecule has 0 saturated heterocycles. The van der Waals surface area contributed by atoms with Gasteiger partial charge < -0.3 is 14.8 Å². The maximum absolute atomic E-state index is 14.8. The molecule has 11 heteroatoms. The Kier molecular flexibility index (Phi) is 8.65. The molecule has 2 aromatic carbocycles. The van der Waals surface area contributed by atoms with Crippen molar-refractivity contribution in [3.63, 3.8) is 0 Å². The summed E-state index contributed by atoms with van der Waals surface area (Å²) in [6, 6.07) is 8.55. The van der Waals surface area contributed by atoms with Gasteiger partial charge in [-0.3, -0.25) is 14.0 Å². The number of fused-ring (bicyclic) bond motifs is 1. The Hall–Kier alpha value is -4.41. The van der Waals surface area contributed by atoms with Crippen molar-refractivity contribution >= 4 is 17.5 Å². The Bertz CT molecular complexity index is 1580. The van der Waals surface area contributed by atoms with E-state index < -0.39 is 53.4 Å². The van der Waals surface area contributed by atoms with Crippen LogP contribution >= 0.6 is 0 Å². The van der Waals surface area contributed by atoms with E-state index in [4.69, 9.17) is 9.47 Å². The van der Waals surface area contributed by atoms with Gasteiger partial charge in [-0.2, -0.15) is 0 Å². The number of hydrogen-bond acceptors (Lipinski definition) is 5. The molecule has 4 aromatic rings. The van der Waals surface area contributed by atoms with Gasteiger partial charge in [0, 0.05) is 24.2 Å². The summed E-state index contributed by atoms with van der Waals surface area (Å²) in [6.07, 6.45) is 1.38. The molecule has 41 heavy (non-hydrogen) atoms. The molecule has 1 unspecified atom stereocenters. The van der Waals surface area contributed by atoms with Crippen molar-refractivity contribution in [1.82, 2.24) is 14.7 Å². The fourth-order valence-corrected chi connectivity index (χ4v) is 4.33. The van der Waals surface area contributed by atoms with Crippen molar-refractivity contribution in [2.75, 3.05) is 0 Å². The molecule has 0 saturated carbocycles. The van der Waals surface area contributed by atoms with Crippen molar-refractivity contribution < 1.29 is 36.6 Å². The smallest absolute Gasteiger partial charge is 0.306 e. The Labute approximate surface area is 234 Å². The highest BCUT2D eigenvalue weighted by atomic mass is 19.1. The Morgan fingerprint density at radius 2 is 1.71 bits per heavy atom. The zero-order valence-electron chi connectivity index (χ0n) is 22.9. The van der Waals surface area contributed by atoms with E-state index in [2.05, 4.69) is 10.3 Å².